The van der Waals surface area contributed by atoms with Gasteiger partial charge in [-0.05, 0) is 42.6 Å². The van der Waals surface area contributed by atoms with E-state index < -0.39 is 6.61 Å². The Morgan fingerprint density at radius 3 is 2.86 bits per heavy atom. The van der Waals surface area contributed by atoms with Gasteiger partial charge >= 0.3 is 0 Å². The van der Waals surface area contributed by atoms with Gasteiger partial charge in [0.2, 0.25) is 0 Å². The average molecular weight is 196 g/mol. The van der Waals surface area contributed by atoms with Crippen molar-refractivity contribution in [2.24, 2.45) is 0 Å². The Kier molecular flexibility index (Phi) is 2.15. The van der Waals surface area contributed by atoms with Crippen LogP contribution in [0.25, 0.3) is 6.05 Å². The molecule has 1 rings (SSSR count). The maximum atomic E-state index is 9.33. The molecule has 0 bridgehead atoms. The van der Waals surface area contributed by atoms with Crippen LogP contribution in [-0.2, 0) is 6.61 Å². The summed E-state index contributed by atoms with van der Waals surface area (Å²) in [6, 6.07) is -0.211. The monoisotopic (exact) mass is 196 g/mol. The van der Waals surface area contributed by atoms with Crippen LogP contribution in [0.4, 0.5) is 0 Å². The first-order valence-corrected chi connectivity index (χ1v) is 4.28. The minimum absolute atomic E-state index is 0.0245. The predicted octanol–water partition coefficient (Wildman–Crippen LogP) is 2.53. The first-order valence-electron chi connectivity index (χ1n) is 6.28. The summed E-state index contributed by atoms with van der Waals surface area (Å²) in [7, 11) is 1.39. The molecule has 0 atom stereocenters. The molecule has 0 aliphatic rings. The molecule has 0 spiro atoms. The molecule has 0 saturated heterocycles. The molecule has 0 radical (unpaired) electrons. The summed E-state index contributed by atoms with van der Waals surface area (Å²) in [4.78, 5) is 0. The molecular weight excluding hydrogens is 176 g/mol. The largest absolute Gasteiger partial charge is 0.496 e. The van der Waals surface area contributed by atoms with Gasteiger partial charge < -0.3 is 9.84 Å². The molecule has 0 fully saturated rings. The second-order valence-electron chi connectivity index (χ2n) is 2.79. The summed E-state index contributed by atoms with van der Waals surface area (Å²) in [6.07, 6.45) is 0. The molecule has 0 saturated carbocycles. The Balaban J connectivity index is 3.79. The molecule has 1 aromatic carbocycles. The van der Waals surface area contributed by atoms with Crippen LogP contribution in [0.3, 0.4) is 0 Å². The minimum Gasteiger partial charge on any atom is -0.496 e. The van der Waals surface area contributed by atoms with E-state index in [1.165, 1.54) is 14.0 Å². The fourth-order valence-corrected chi connectivity index (χ4v) is 1.18. The highest BCUT2D eigenvalue weighted by atomic mass is 16.5. The molecule has 0 amide bonds. The summed E-state index contributed by atoms with van der Waals surface area (Å²) < 4.78 is 36.3. The first kappa shape index (κ1) is 6.25. The second kappa shape index (κ2) is 4.82. The summed E-state index contributed by atoms with van der Waals surface area (Å²) in [5.41, 5.74) is 0.734. The minimum atomic E-state index is -0.444. The highest BCUT2D eigenvalue weighted by molar-refractivity contribution is 5.57. The molecule has 1 N–H and O–H groups in total. The normalized spacial score (nSPS) is 16.3. The third kappa shape index (κ3) is 2.15. The van der Waals surface area contributed by atoms with Gasteiger partial charge in [0.05, 0.1) is 19.2 Å². The number of hydrogen-bond donors (Lipinski definition) is 1. The topological polar surface area (TPSA) is 29.5 Å². The summed E-state index contributed by atoms with van der Waals surface area (Å²) in [6.45, 7) is 2.61. The molecule has 0 aromatic heterocycles. The van der Waals surface area contributed by atoms with Gasteiger partial charge in [-0.2, -0.15) is 0 Å². The molecule has 2 heteroatoms. The quantitative estimate of drug-likeness (QED) is 0.805. The third-order valence-electron chi connectivity index (χ3n) is 1.83. The van der Waals surface area contributed by atoms with Crippen molar-refractivity contribution in [3.63, 3.8) is 0 Å². The van der Waals surface area contributed by atoms with E-state index in [0.29, 0.717) is 5.56 Å². The van der Waals surface area contributed by atoms with E-state index >= 15 is 0 Å². The van der Waals surface area contributed by atoms with Crippen LogP contribution < -0.4 is 4.74 Å². The Morgan fingerprint density at radius 2 is 2.36 bits per heavy atom. The third-order valence-corrected chi connectivity index (χ3v) is 1.83. The zero-order valence-corrected chi connectivity index (χ0v) is 8.56. The number of methoxy groups -OCH3 is 1. The Bertz CT molecular complexity index is 506. The van der Waals surface area contributed by atoms with Gasteiger partial charge in [0, 0.05) is 0 Å². The van der Waals surface area contributed by atoms with Crippen molar-refractivity contribution in [2.75, 3.05) is 7.11 Å². The van der Waals surface area contributed by atoms with Crippen molar-refractivity contribution in [1.82, 2.24) is 0 Å². The molecule has 0 aliphatic heterocycles. The van der Waals surface area contributed by atoms with Crippen molar-refractivity contribution in [3.8, 4) is 5.75 Å². The van der Waals surface area contributed by atoms with E-state index in [1.807, 2.05) is 0 Å². The first-order chi connectivity index (χ1) is 8.36. The van der Waals surface area contributed by atoms with Crippen LogP contribution >= 0.6 is 0 Å². The Morgan fingerprint density at radius 1 is 1.64 bits per heavy atom. The van der Waals surface area contributed by atoms with Crippen molar-refractivity contribution in [3.05, 3.63) is 34.8 Å². The molecule has 76 valence electrons. The van der Waals surface area contributed by atoms with Crippen LogP contribution in [0.2, 0.25) is 0 Å². The van der Waals surface area contributed by atoms with Crippen LogP contribution in [0.5, 0.6) is 5.75 Å². The lowest BCUT2D eigenvalue weighted by Gasteiger charge is -2.09. The van der Waals surface area contributed by atoms with E-state index in [4.69, 9.17) is 10.2 Å². The molecule has 0 unspecified atom stereocenters. The van der Waals surface area contributed by atoms with Gasteiger partial charge in [0.15, 0.2) is 0 Å². The molecule has 0 aliphatic carbocycles. The lowest BCUT2D eigenvalue weighted by atomic mass is 10.0. The zero-order chi connectivity index (χ0) is 14.0. The highest BCUT2D eigenvalue weighted by Gasteiger charge is 2.04. The highest BCUT2D eigenvalue weighted by Crippen LogP contribution is 2.23. The molecule has 14 heavy (non-hydrogen) atoms. The summed E-state index contributed by atoms with van der Waals surface area (Å²) >= 11 is 0. The standard InChI is InChI=1S/C12H16O2/c1-4-5-10-7-12(14-3)9(2)6-11(10)8-13/h4-7,13H,8H2,1-3H3/i4D,5D,6D,7D. The predicted molar refractivity (Wildman–Crippen MR) is 58.4 cm³/mol. The molecule has 0 heterocycles. The van der Waals surface area contributed by atoms with Gasteiger partial charge in [0.25, 0.3) is 0 Å². The van der Waals surface area contributed by atoms with Gasteiger partial charge in [-0.1, -0.05) is 12.1 Å². The SMILES string of the molecule is [2H]C(C)=C([2H])c1c([2H])c(OC)c(C)c([2H])c1CO. The van der Waals surface area contributed by atoms with Crippen molar-refractivity contribution in [2.45, 2.75) is 20.5 Å². The second-order valence-corrected chi connectivity index (χ2v) is 2.79. The number of benzene rings is 1. The van der Waals surface area contributed by atoms with E-state index in [0.717, 1.165) is 0 Å². The fourth-order valence-electron chi connectivity index (χ4n) is 1.18. The van der Waals surface area contributed by atoms with Crippen LogP contribution in [-0.4, -0.2) is 12.2 Å². The lowest BCUT2D eigenvalue weighted by molar-refractivity contribution is 0.281. The van der Waals surface area contributed by atoms with Crippen molar-refractivity contribution < 1.29 is 15.3 Å². The number of aliphatic hydroxyl groups excluding tert-OH is 1. The van der Waals surface area contributed by atoms with E-state index in [9.17, 15) is 5.11 Å². The van der Waals surface area contributed by atoms with Gasteiger partial charge in [-0.25, -0.2) is 0 Å². The van der Waals surface area contributed by atoms with Gasteiger partial charge in [0.1, 0.15) is 5.75 Å². The zero-order valence-electron chi connectivity index (χ0n) is 12.6. The van der Waals surface area contributed by atoms with E-state index in [1.54, 1.807) is 6.92 Å². The van der Waals surface area contributed by atoms with Gasteiger partial charge in [-0.15, -0.1) is 0 Å². The number of aliphatic hydroxyl groups is 1. The van der Waals surface area contributed by atoms with Crippen LogP contribution in [0.15, 0.2) is 18.1 Å². The summed E-state index contributed by atoms with van der Waals surface area (Å²) in [5, 5.41) is 9.33. The van der Waals surface area contributed by atoms with Crippen LogP contribution in [0.1, 0.15) is 29.1 Å². The molecular formula is C12H16O2. The van der Waals surface area contributed by atoms with E-state index in [-0.39, 0.29) is 41.1 Å². The smallest absolute Gasteiger partial charge is 0.122 e. The maximum absolute atomic E-state index is 9.33. The van der Waals surface area contributed by atoms with E-state index in [2.05, 4.69) is 0 Å². The number of rotatable bonds is 3. The number of hydrogen-bond acceptors (Lipinski definition) is 2. The van der Waals surface area contributed by atoms with Crippen molar-refractivity contribution >= 4 is 6.05 Å². The average Bonchev–Trinajstić information content (AvgIpc) is 2.33. The Hall–Kier alpha value is -1.28. The molecule has 2 nitrogen and oxygen atoms in total. The number of allylic oxidation sites excluding steroid dienone is 1. The lowest BCUT2D eigenvalue weighted by Crippen LogP contribution is -1.94. The molecule has 1 aromatic rings. The van der Waals surface area contributed by atoms with Gasteiger partial charge in [-0.3, -0.25) is 0 Å². The Labute approximate surface area is 90.5 Å². The summed E-state index contributed by atoms with van der Waals surface area (Å²) in [5.74, 6) is 0.207. The van der Waals surface area contributed by atoms with Crippen LogP contribution in [0, 0.1) is 6.92 Å². The number of ether oxygens (including phenoxy) is 1. The van der Waals surface area contributed by atoms with Crippen molar-refractivity contribution in [1.29, 1.82) is 0 Å². The fraction of sp³-hybridized carbons (Fsp3) is 0.333. The maximum Gasteiger partial charge on any atom is 0.122 e.